The topological polar surface area (TPSA) is 46.6 Å². The summed E-state index contributed by atoms with van der Waals surface area (Å²) in [5.41, 5.74) is 3.80. The van der Waals surface area contributed by atoms with Crippen LogP contribution in [-0.2, 0) is 29.3 Å². The highest BCUT2D eigenvalue weighted by atomic mass is 32.2. The fourth-order valence-corrected chi connectivity index (χ4v) is 8.94. The van der Waals surface area contributed by atoms with Gasteiger partial charge in [0.1, 0.15) is 9.96 Å². The molecule has 1 aromatic carbocycles. The summed E-state index contributed by atoms with van der Waals surface area (Å²) >= 11 is 3.10. The first-order valence-corrected chi connectivity index (χ1v) is 13.1. The normalized spacial score (nSPS) is 19.6. The molecule has 3 aromatic rings. The van der Waals surface area contributed by atoms with E-state index in [1.165, 1.54) is 45.1 Å². The number of thiophene rings is 2. The van der Waals surface area contributed by atoms with E-state index in [1.54, 1.807) is 23.5 Å². The van der Waals surface area contributed by atoms with Crippen molar-refractivity contribution >= 4 is 32.7 Å². The monoisotopic (exact) mass is 445 g/mol. The van der Waals surface area contributed by atoms with Gasteiger partial charge in [0.2, 0.25) is 0 Å². The molecule has 7 heteroatoms. The Morgan fingerprint density at radius 1 is 1.03 bits per heavy atom. The summed E-state index contributed by atoms with van der Waals surface area (Å²) in [6.07, 6.45) is 5.48. The molecule has 152 valence electrons. The van der Waals surface area contributed by atoms with Crippen molar-refractivity contribution in [1.82, 2.24) is 4.31 Å². The summed E-state index contributed by atoms with van der Waals surface area (Å²) in [6, 6.07) is 11.0. The van der Waals surface area contributed by atoms with Gasteiger partial charge in [0.25, 0.3) is 10.0 Å². The van der Waals surface area contributed by atoms with Gasteiger partial charge in [-0.25, -0.2) is 8.42 Å². The second-order valence-corrected chi connectivity index (χ2v) is 11.7. The molecule has 29 heavy (non-hydrogen) atoms. The third-order valence-corrected chi connectivity index (χ3v) is 10.5. The minimum Gasteiger partial charge on any atom is -0.496 e. The molecule has 0 amide bonds. The zero-order chi connectivity index (χ0) is 20.0. The van der Waals surface area contributed by atoms with E-state index in [4.69, 9.17) is 4.74 Å². The van der Waals surface area contributed by atoms with Gasteiger partial charge in [0, 0.05) is 21.9 Å². The second kappa shape index (κ2) is 7.54. The number of fused-ring (bicyclic) bond motifs is 3. The summed E-state index contributed by atoms with van der Waals surface area (Å²) in [4.78, 5) is 2.64. The van der Waals surface area contributed by atoms with E-state index in [-0.39, 0.29) is 6.04 Å². The highest BCUT2D eigenvalue weighted by Gasteiger charge is 2.41. The van der Waals surface area contributed by atoms with Crippen LogP contribution in [0.1, 0.15) is 45.3 Å². The molecule has 0 fully saturated rings. The van der Waals surface area contributed by atoms with Crippen molar-refractivity contribution in [3.63, 3.8) is 0 Å². The Bertz CT molecular complexity index is 1130. The number of sulfonamides is 1. The highest BCUT2D eigenvalue weighted by Crippen LogP contribution is 2.48. The molecular weight excluding hydrogens is 422 g/mol. The lowest BCUT2D eigenvalue weighted by Gasteiger charge is -2.35. The minimum atomic E-state index is -3.58. The Labute approximate surface area is 179 Å². The molecular formula is C22H23NO3S3. The Morgan fingerprint density at radius 3 is 2.66 bits per heavy atom. The maximum Gasteiger partial charge on any atom is 0.253 e. The summed E-state index contributed by atoms with van der Waals surface area (Å²) in [5, 5.41) is 1.82. The fourth-order valence-electron chi connectivity index (χ4n) is 4.60. The average molecular weight is 446 g/mol. The van der Waals surface area contributed by atoms with Gasteiger partial charge < -0.3 is 4.74 Å². The Balaban J connectivity index is 1.71. The maximum absolute atomic E-state index is 13.6. The quantitative estimate of drug-likeness (QED) is 0.566. The van der Waals surface area contributed by atoms with E-state index in [1.807, 2.05) is 41.0 Å². The molecule has 1 unspecified atom stereocenters. The summed E-state index contributed by atoms with van der Waals surface area (Å²) in [6.45, 7) is 0.499. The van der Waals surface area contributed by atoms with Crippen LogP contribution in [-0.4, -0.2) is 26.4 Å². The van der Waals surface area contributed by atoms with Crippen LogP contribution in [0.2, 0.25) is 0 Å². The van der Waals surface area contributed by atoms with E-state index in [9.17, 15) is 8.42 Å². The smallest absolute Gasteiger partial charge is 0.253 e. The summed E-state index contributed by atoms with van der Waals surface area (Å²) in [5.74, 6) is 0.739. The number of nitrogens with zero attached hydrogens (tertiary/aromatic N) is 1. The van der Waals surface area contributed by atoms with Gasteiger partial charge in [-0.2, -0.15) is 4.31 Å². The standard InChI is InChI=1S/C22H23NO3S3/c1-26-18-9-4-2-8-17(18)21-22-16(15-7-3-5-10-19(15)28-22)12-13-23(21)29(24,25)20-11-6-14-27-20/h2,4,6,8-9,11,14,21H,3,5,7,10,12-13H2,1H3. The van der Waals surface area contributed by atoms with Crippen molar-refractivity contribution in [2.24, 2.45) is 0 Å². The zero-order valence-electron chi connectivity index (χ0n) is 16.3. The van der Waals surface area contributed by atoms with Crippen LogP contribution in [0.25, 0.3) is 0 Å². The first-order valence-electron chi connectivity index (χ1n) is 9.93. The Morgan fingerprint density at radius 2 is 1.86 bits per heavy atom. The number of rotatable bonds is 4. The van der Waals surface area contributed by atoms with Crippen LogP contribution in [0.5, 0.6) is 5.75 Å². The van der Waals surface area contributed by atoms with E-state index in [2.05, 4.69) is 0 Å². The number of hydrogen-bond donors (Lipinski definition) is 0. The van der Waals surface area contributed by atoms with Gasteiger partial charge in [0.15, 0.2) is 0 Å². The third-order valence-electron chi connectivity index (χ3n) is 5.92. The minimum absolute atomic E-state index is 0.336. The first kappa shape index (κ1) is 19.3. The highest BCUT2D eigenvalue weighted by molar-refractivity contribution is 7.91. The van der Waals surface area contributed by atoms with Crippen molar-refractivity contribution in [3.8, 4) is 5.75 Å². The average Bonchev–Trinajstić information content (AvgIpc) is 3.41. The van der Waals surface area contributed by atoms with Crippen LogP contribution in [0.4, 0.5) is 0 Å². The van der Waals surface area contributed by atoms with Gasteiger partial charge in [-0.1, -0.05) is 24.3 Å². The molecule has 5 rings (SSSR count). The Kier molecular flexibility index (Phi) is 5.02. The number of ether oxygens (including phenoxy) is 1. The van der Waals surface area contributed by atoms with Gasteiger partial charge in [-0.3, -0.25) is 0 Å². The van der Waals surface area contributed by atoms with Gasteiger partial charge in [0.05, 0.1) is 13.2 Å². The van der Waals surface area contributed by atoms with Crippen LogP contribution >= 0.6 is 22.7 Å². The van der Waals surface area contributed by atoms with Crippen molar-refractivity contribution in [2.75, 3.05) is 13.7 Å². The number of hydrogen-bond acceptors (Lipinski definition) is 5. The van der Waals surface area contributed by atoms with Crippen LogP contribution < -0.4 is 4.74 Å². The molecule has 2 aromatic heterocycles. The number of benzene rings is 1. The molecule has 4 nitrogen and oxygen atoms in total. The zero-order valence-corrected chi connectivity index (χ0v) is 18.7. The molecule has 0 bridgehead atoms. The maximum atomic E-state index is 13.6. The molecule has 1 atom stereocenters. The summed E-state index contributed by atoms with van der Waals surface area (Å²) < 4.78 is 34.9. The van der Waals surface area contributed by atoms with E-state index in [0.29, 0.717) is 10.8 Å². The second-order valence-electron chi connectivity index (χ2n) is 7.50. The molecule has 0 saturated heterocycles. The molecule has 0 N–H and O–H groups in total. The van der Waals surface area contributed by atoms with Gasteiger partial charge in [-0.15, -0.1) is 22.7 Å². The molecule has 1 aliphatic heterocycles. The van der Waals surface area contributed by atoms with E-state index >= 15 is 0 Å². The Hall–Kier alpha value is -1.67. The van der Waals surface area contributed by atoms with Crippen molar-refractivity contribution < 1.29 is 13.2 Å². The fraction of sp³-hybridized carbons (Fsp3) is 0.364. The number of para-hydroxylation sites is 1. The largest absolute Gasteiger partial charge is 0.496 e. The van der Waals surface area contributed by atoms with Crippen molar-refractivity contribution in [1.29, 1.82) is 0 Å². The van der Waals surface area contributed by atoms with Crippen molar-refractivity contribution in [2.45, 2.75) is 42.4 Å². The SMILES string of the molecule is COc1ccccc1C1c2sc3c(c2CCN1S(=O)(=O)c1cccs1)CCCC3. The summed E-state index contributed by atoms with van der Waals surface area (Å²) in [7, 11) is -1.93. The predicted molar refractivity (Wildman–Crippen MR) is 118 cm³/mol. The van der Waals surface area contributed by atoms with E-state index < -0.39 is 10.0 Å². The lowest BCUT2D eigenvalue weighted by Crippen LogP contribution is -2.40. The first-order chi connectivity index (χ1) is 14.1. The lowest BCUT2D eigenvalue weighted by molar-refractivity contribution is 0.335. The molecule has 1 aliphatic carbocycles. The van der Waals surface area contributed by atoms with Crippen LogP contribution in [0.15, 0.2) is 46.0 Å². The van der Waals surface area contributed by atoms with Crippen LogP contribution in [0, 0.1) is 0 Å². The third kappa shape index (κ3) is 3.15. The van der Waals surface area contributed by atoms with E-state index in [0.717, 1.165) is 30.6 Å². The number of methoxy groups -OCH3 is 1. The molecule has 0 radical (unpaired) electrons. The van der Waals surface area contributed by atoms with Gasteiger partial charge >= 0.3 is 0 Å². The molecule has 0 saturated carbocycles. The molecule has 3 heterocycles. The van der Waals surface area contributed by atoms with Crippen molar-refractivity contribution in [3.05, 3.63) is 68.2 Å². The van der Waals surface area contributed by atoms with Gasteiger partial charge in [-0.05, 0) is 60.7 Å². The van der Waals surface area contributed by atoms with Crippen LogP contribution in [0.3, 0.4) is 0 Å². The number of aryl methyl sites for hydroxylation is 1. The lowest BCUT2D eigenvalue weighted by atomic mass is 9.89. The molecule has 2 aliphatic rings. The predicted octanol–water partition coefficient (Wildman–Crippen LogP) is 5.03. The molecule has 0 spiro atoms.